The molecule has 0 saturated carbocycles. The minimum Gasteiger partial charge on any atom is -0.481 e. The van der Waals surface area contributed by atoms with Gasteiger partial charge in [0.25, 0.3) is 5.91 Å². The summed E-state index contributed by atoms with van der Waals surface area (Å²) in [5.41, 5.74) is 5.11. The maximum atomic E-state index is 10.7. The second-order valence-corrected chi connectivity index (χ2v) is 3.58. The van der Waals surface area contributed by atoms with Crippen LogP contribution in [0.15, 0.2) is 12.1 Å². The van der Waals surface area contributed by atoms with E-state index < -0.39 is 11.9 Å². The van der Waals surface area contributed by atoms with Gasteiger partial charge < -0.3 is 15.7 Å². The van der Waals surface area contributed by atoms with Crippen LogP contribution in [0.3, 0.4) is 0 Å². The number of hydrogen-bond acceptors (Lipinski definition) is 5. The average molecular weight is 222 g/mol. The summed E-state index contributed by atoms with van der Waals surface area (Å²) in [6.07, 6.45) is 0. The molecule has 1 amide bonds. The van der Waals surface area contributed by atoms with Crippen molar-refractivity contribution in [2.75, 3.05) is 18.0 Å². The Morgan fingerprint density at radius 1 is 1.38 bits per heavy atom. The lowest BCUT2D eigenvalue weighted by Crippen LogP contribution is -2.50. The van der Waals surface area contributed by atoms with Gasteiger partial charge in [-0.2, -0.15) is 0 Å². The highest BCUT2D eigenvalue weighted by atomic mass is 16.4. The smallest absolute Gasteiger partial charge is 0.310 e. The van der Waals surface area contributed by atoms with Crippen molar-refractivity contribution >= 4 is 17.7 Å². The molecule has 1 aliphatic rings. The first kappa shape index (κ1) is 10.3. The van der Waals surface area contributed by atoms with E-state index in [4.69, 9.17) is 10.8 Å². The van der Waals surface area contributed by atoms with E-state index in [0.29, 0.717) is 18.9 Å². The third-order valence-corrected chi connectivity index (χ3v) is 2.46. The van der Waals surface area contributed by atoms with Crippen LogP contribution in [0.1, 0.15) is 10.5 Å². The van der Waals surface area contributed by atoms with Gasteiger partial charge in [0.2, 0.25) is 0 Å². The van der Waals surface area contributed by atoms with E-state index in [1.54, 1.807) is 11.0 Å². The fourth-order valence-corrected chi connectivity index (χ4v) is 1.45. The zero-order valence-corrected chi connectivity index (χ0v) is 8.33. The Hall–Kier alpha value is -2.18. The number of nitrogens with two attached hydrogens (primary N) is 1. The Labute approximate surface area is 90.9 Å². The second-order valence-electron chi connectivity index (χ2n) is 3.58. The molecule has 0 bridgehead atoms. The lowest BCUT2D eigenvalue weighted by atomic mass is 10.0. The first-order chi connectivity index (χ1) is 7.58. The molecule has 0 atom stereocenters. The molecule has 1 fully saturated rings. The summed E-state index contributed by atoms with van der Waals surface area (Å²) >= 11 is 0. The summed E-state index contributed by atoms with van der Waals surface area (Å²) in [6, 6.07) is 3.07. The van der Waals surface area contributed by atoms with Crippen LogP contribution < -0.4 is 10.6 Å². The van der Waals surface area contributed by atoms with Gasteiger partial charge in [0.1, 0.15) is 0 Å². The van der Waals surface area contributed by atoms with Crippen molar-refractivity contribution in [2.24, 2.45) is 11.7 Å². The zero-order chi connectivity index (χ0) is 11.7. The number of carboxylic acids is 1. The molecular weight excluding hydrogens is 212 g/mol. The Morgan fingerprint density at radius 2 is 2.06 bits per heavy atom. The molecule has 0 unspecified atom stereocenters. The molecule has 7 nitrogen and oxygen atoms in total. The number of aliphatic carboxylic acids is 1. The predicted octanol–water partition coefficient (Wildman–Crippen LogP) is -0.904. The van der Waals surface area contributed by atoms with E-state index in [1.165, 1.54) is 6.07 Å². The van der Waals surface area contributed by atoms with Crippen molar-refractivity contribution < 1.29 is 14.7 Å². The Kier molecular flexibility index (Phi) is 2.43. The zero-order valence-electron chi connectivity index (χ0n) is 8.33. The van der Waals surface area contributed by atoms with Crippen LogP contribution in [-0.2, 0) is 4.79 Å². The van der Waals surface area contributed by atoms with Crippen LogP contribution in [0, 0.1) is 5.92 Å². The van der Waals surface area contributed by atoms with Crippen molar-refractivity contribution in [3.05, 3.63) is 17.8 Å². The van der Waals surface area contributed by atoms with Gasteiger partial charge in [0, 0.05) is 13.1 Å². The number of hydrogen-bond donors (Lipinski definition) is 2. The van der Waals surface area contributed by atoms with E-state index in [-0.39, 0.29) is 11.6 Å². The number of carbonyl (C=O) groups is 2. The van der Waals surface area contributed by atoms with Gasteiger partial charge in [-0.05, 0) is 12.1 Å². The monoisotopic (exact) mass is 222 g/mol. The van der Waals surface area contributed by atoms with Gasteiger partial charge in [-0.25, -0.2) is 0 Å². The number of rotatable bonds is 3. The topological polar surface area (TPSA) is 109 Å². The van der Waals surface area contributed by atoms with Crippen molar-refractivity contribution in [3.8, 4) is 0 Å². The van der Waals surface area contributed by atoms with Gasteiger partial charge >= 0.3 is 5.97 Å². The molecule has 0 aliphatic carbocycles. The van der Waals surface area contributed by atoms with E-state index in [0.717, 1.165) is 0 Å². The summed E-state index contributed by atoms with van der Waals surface area (Å²) in [6.45, 7) is 0.833. The highest BCUT2D eigenvalue weighted by Crippen LogP contribution is 2.21. The van der Waals surface area contributed by atoms with Crippen LogP contribution in [0.4, 0.5) is 5.82 Å². The van der Waals surface area contributed by atoms with Crippen LogP contribution in [0.25, 0.3) is 0 Å². The standard InChI is InChI=1S/C9H10N4O3/c10-8(14)6-1-2-7(12-11-6)13-3-5(4-13)9(15)16/h1-2,5H,3-4H2,(H2,10,14)(H,15,16). The summed E-state index contributed by atoms with van der Waals surface area (Å²) in [7, 11) is 0. The molecule has 0 radical (unpaired) electrons. The minimum atomic E-state index is -0.807. The van der Waals surface area contributed by atoms with E-state index in [2.05, 4.69) is 10.2 Å². The maximum Gasteiger partial charge on any atom is 0.310 e. The molecule has 0 aromatic carbocycles. The van der Waals surface area contributed by atoms with Crippen molar-refractivity contribution in [1.82, 2.24) is 10.2 Å². The number of carbonyl (C=O) groups excluding carboxylic acids is 1. The Morgan fingerprint density at radius 3 is 2.50 bits per heavy atom. The normalized spacial score (nSPS) is 15.6. The van der Waals surface area contributed by atoms with Crippen LogP contribution >= 0.6 is 0 Å². The largest absolute Gasteiger partial charge is 0.481 e. The molecule has 2 rings (SSSR count). The number of nitrogens with zero attached hydrogens (tertiary/aromatic N) is 3. The molecule has 1 saturated heterocycles. The van der Waals surface area contributed by atoms with Gasteiger partial charge in [-0.1, -0.05) is 0 Å². The number of aromatic nitrogens is 2. The van der Waals surface area contributed by atoms with Crippen molar-refractivity contribution in [2.45, 2.75) is 0 Å². The Bertz CT molecular complexity index is 425. The van der Waals surface area contributed by atoms with Crippen LogP contribution in [0.5, 0.6) is 0 Å². The fourth-order valence-electron chi connectivity index (χ4n) is 1.45. The molecule has 16 heavy (non-hydrogen) atoms. The fraction of sp³-hybridized carbons (Fsp3) is 0.333. The quantitative estimate of drug-likeness (QED) is 0.685. The third-order valence-electron chi connectivity index (χ3n) is 2.46. The van der Waals surface area contributed by atoms with Gasteiger partial charge in [-0.15, -0.1) is 10.2 Å². The Balaban J connectivity index is 2.02. The van der Waals surface area contributed by atoms with Gasteiger partial charge in [0.15, 0.2) is 11.5 Å². The highest BCUT2D eigenvalue weighted by Gasteiger charge is 2.33. The highest BCUT2D eigenvalue weighted by molar-refractivity contribution is 5.90. The average Bonchev–Trinajstić information content (AvgIpc) is 2.15. The molecule has 0 spiro atoms. The maximum absolute atomic E-state index is 10.7. The molecule has 84 valence electrons. The number of anilines is 1. The molecular formula is C9H10N4O3. The third kappa shape index (κ3) is 1.79. The lowest BCUT2D eigenvalue weighted by Gasteiger charge is -2.37. The molecule has 1 aromatic rings. The SMILES string of the molecule is NC(=O)c1ccc(N2CC(C(=O)O)C2)nn1. The number of primary amides is 1. The van der Waals surface area contributed by atoms with Gasteiger partial charge in [-0.3, -0.25) is 9.59 Å². The number of carboxylic acid groups (broad SMARTS) is 1. The summed E-state index contributed by atoms with van der Waals surface area (Å²) in [5.74, 6) is -1.23. The van der Waals surface area contributed by atoms with E-state index in [1.807, 2.05) is 0 Å². The molecule has 3 N–H and O–H groups in total. The lowest BCUT2D eigenvalue weighted by molar-refractivity contribution is -0.142. The summed E-state index contributed by atoms with van der Waals surface area (Å²) < 4.78 is 0. The van der Waals surface area contributed by atoms with Crippen LogP contribution in [0.2, 0.25) is 0 Å². The molecule has 2 heterocycles. The minimum absolute atomic E-state index is 0.0964. The molecule has 1 aromatic heterocycles. The summed E-state index contributed by atoms with van der Waals surface area (Å²) in [4.78, 5) is 23.1. The van der Waals surface area contributed by atoms with Crippen LogP contribution in [-0.4, -0.2) is 40.3 Å². The van der Waals surface area contributed by atoms with E-state index in [9.17, 15) is 9.59 Å². The molecule has 7 heteroatoms. The number of amides is 1. The first-order valence-electron chi connectivity index (χ1n) is 4.69. The first-order valence-corrected chi connectivity index (χ1v) is 4.69. The summed E-state index contributed by atoms with van der Waals surface area (Å²) in [5, 5.41) is 16.1. The predicted molar refractivity (Wildman–Crippen MR) is 53.9 cm³/mol. The van der Waals surface area contributed by atoms with E-state index >= 15 is 0 Å². The van der Waals surface area contributed by atoms with Crippen molar-refractivity contribution in [3.63, 3.8) is 0 Å². The second kappa shape index (κ2) is 3.76. The van der Waals surface area contributed by atoms with Crippen molar-refractivity contribution in [1.29, 1.82) is 0 Å². The van der Waals surface area contributed by atoms with Gasteiger partial charge in [0.05, 0.1) is 5.92 Å². The molecule has 1 aliphatic heterocycles.